The Labute approximate surface area is 82.3 Å². The average Bonchev–Trinajstić information content (AvgIpc) is 2.63. The van der Waals surface area contributed by atoms with Gasteiger partial charge in [-0.25, -0.2) is 9.50 Å². The molecule has 2 rings (SSSR count). The van der Waals surface area contributed by atoms with Gasteiger partial charge >= 0.3 is 0 Å². The number of fused-ring (bicyclic) bond motifs is 1. The highest BCUT2D eigenvalue weighted by Crippen LogP contribution is 2.08. The minimum absolute atomic E-state index is 0.851. The molecule has 0 fully saturated rings. The van der Waals surface area contributed by atoms with E-state index < -0.39 is 0 Å². The lowest BCUT2D eigenvalue weighted by atomic mass is 10.3. The number of rotatable bonds is 3. The molecule has 14 heavy (non-hydrogen) atoms. The first-order valence-electron chi connectivity index (χ1n) is 4.51. The second-order valence-corrected chi connectivity index (χ2v) is 2.95. The van der Waals surface area contributed by atoms with Crippen LogP contribution in [0.5, 0.6) is 0 Å². The summed E-state index contributed by atoms with van der Waals surface area (Å²) in [4.78, 5) is 4.25. The van der Waals surface area contributed by atoms with Crippen molar-refractivity contribution in [3.8, 4) is 0 Å². The third kappa shape index (κ3) is 1.65. The molecule has 0 aliphatic rings. The quantitative estimate of drug-likeness (QED) is 0.780. The van der Waals surface area contributed by atoms with E-state index in [4.69, 9.17) is 0 Å². The maximum absolute atomic E-state index is 4.25. The summed E-state index contributed by atoms with van der Waals surface area (Å²) in [7, 11) is 1.92. The average molecular weight is 188 g/mol. The maximum atomic E-state index is 4.25. The topological polar surface area (TPSA) is 42.2 Å². The predicted molar refractivity (Wildman–Crippen MR) is 55.9 cm³/mol. The third-order valence-corrected chi connectivity index (χ3v) is 1.93. The van der Waals surface area contributed by atoms with Crippen LogP contribution in [0, 0.1) is 0 Å². The van der Waals surface area contributed by atoms with Gasteiger partial charge in [0.15, 0.2) is 5.65 Å². The van der Waals surface area contributed by atoms with Crippen molar-refractivity contribution in [2.45, 2.75) is 0 Å². The summed E-state index contributed by atoms with van der Waals surface area (Å²) < 4.78 is 1.76. The molecule has 0 aliphatic heterocycles. The first kappa shape index (κ1) is 8.90. The largest absolute Gasteiger partial charge is 0.316 e. The number of nitrogens with zero attached hydrogens (tertiary/aromatic N) is 3. The van der Waals surface area contributed by atoms with Gasteiger partial charge in [-0.2, -0.15) is 5.10 Å². The summed E-state index contributed by atoms with van der Waals surface area (Å²) in [6.07, 6.45) is 9.54. The number of likely N-dealkylation sites (N-methyl/N-ethyl adjacent to an activating group) is 1. The van der Waals surface area contributed by atoms with Crippen LogP contribution in [0.25, 0.3) is 11.7 Å². The first-order valence-corrected chi connectivity index (χ1v) is 4.51. The molecule has 1 N–H and O–H groups in total. The molecule has 0 aromatic carbocycles. The van der Waals surface area contributed by atoms with Crippen molar-refractivity contribution in [1.29, 1.82) is 0 Å². The Balaban J connectivity index is 2.34. The fourth-order valence-corrected chi connectivity index (χ4v) is 1.27. The van der Waals surface area contributed by atoms with Crippen LogP contribution in [0.2, 0.25) is 0 Å². The molecule has 0 atom stereocenters. The van der Waals surface area contributed by atoms with Crippen LogP contribution in [-0.2, 0) is 0 Å². The van der Waals surface area contributed by atoms with Gasteiger partial charge in [-0.3, -0.25) is 0 Å². The summed E-state index contributed by atoms with van der Waals surface area (Å²) in [5.41, 5.74) is 1.93. The molecule has 0 bridgehead atoms. The molecule has 2 aromatic heterocycles. The van der Waals surface area contributed by atoms with Crippen molar-refractivity contribution in [1.82, 2.24) is 19.9 Å². The fourth-order valence-electron chi connectivity index (χ4n) is 1.27. The lowest BCUT2D eigenvalue weighted by molar-refractivity contribution is 0.922. The van der Waals surface area contributed by atoms with Crippen molar-refractivity contribution in [3.05, 3.63) is 36.3 Å². The predicted octanol–water partition coefficient (Wildman–Crippen LogP) is 0.962. The molecule has 0 spiro atoms. The summed E-state index contributed by atoms with van der Waals surface area (Å²) in [6, 6.07) is 1.86. The SMILES string of the molecule is CNCC=Cc1cnn2cccnc12. The Hall–Kier alpha value is -1.68. The lowest BCUT2D eigenvalue weighted by Gasteiger charge is -1.91. The van der Waals surface area contributed by atoms with E-state index in [2.05, 4.69) is 15.4 Å². The van der Waals surface area contributed by atoms with Crippen LogP contribution in [0.4, 0.5) is 0 Å². The monoisotopic (exact) mass is 188 g/mol. The molecule has 0 unspecified atom stereocenters. The molecular weight excluding hydrogens is 176 g/mol. The summed E-state index contributed by atoms with van der Waals surface area (Å²) in [5.74, 6) is 0. The van der Waals surface area contributed by atoms with Crippen LogP contribution in [0.3, 0.4) is 0 Å². The van der Waals surface area contributed by atoms with E-state index in [9.17, 15) is 0 Å². The van der Waals surface area contributed by atoms with Crippen LogP contribution in [0.1, 0.15) is 5.56 Å². The van der Waals surface area contributed by atoms with Gasteiger partial charge in [-0.05, 0) is 13.1 Å². The van der Waals surface area contributed by atoms with Crippen LogP contribution < -0.4 is 5.32 Å². The highest BCUT2D eigenvalue weighted by Gasteiger charge is 1.99. The van der Waals surface area contributed by atoms with Crippen molar-refractivity contribution >= 4 is 11.7 Å². The van der Waals surface area contributed by atoms with E-state index in [-0.39, 0.29) is 0 Å². The molecule has 2 aromatic rings. The van der Waals surface area contributed by atoms with Crippen molar-refractivity contribution in [2.75, 3.05) is 13.6 Å². The number of nitrogens with one attached hydrogen (secondary N) is 1. The molecule has 2 heterocycles. The molecule has 4 nitrogen and oxygen atoms in total. The Morgan fingerprint density at radius 3 is 3.36 bits per heavy atom. The molecule has 0 saturated heterocycles. The maximum Gasteiger partial charge on any atom is 0.162 e. The van der Waals surface area contributed by atoms with Gasteiger partial charge in [-0.1, -0.05) is 12.2 Å². The molecule has 4 heteroatoms. The van der Waals surface area contributed by atoms with Crippen molar-refractivity contribution in [3.63, 3.8) is 0 Å². The normalized spacial score (nSPS) is 11.5. The van der Waals surface area contributed by atoms with Gasteiger partial charge in [0.25, 0.3) is 0 Å². The van der Waals surface area contributed by atoms with Crippen molar-refractivity contribution < 1.29 is 0 Å². The molecule has 0 radical (unpaired) electrons. The number of hydrogen-bond donors (Lipinski definition) is 1. The Bertz CT molecular complexity index is 444. The van der Waals surface area contributed by atoms with Gasteiger partial charge < -0.3 is 5.32 Å². The highest BCUT2D eigenvalue weighted by molar-refractivity contribution is 5.64. The zero-order valence-corrected chi connectivity index (χ0v) is 8.01. The van der Waals surface area contributed by atoms with Crippen LogP contribution in [-0.4, -0.2) is 28.2 Å². The van der Waals surface area contributed by atoms with E-state index in [0.29, 0.717) is 0 Å². The summed E-state index contributed by atoms with van der Waals surface area (Å²) in [5, 5.41) is 7.22. The van der Waals surface area contributed by atoms with E-state index in [0.717, 1.165) is 17.8 Å². The Morgan fingerprint density at radius 1 is 1.57 bits per heavy atom. The van der Waals surface area contributed by atoms with Crippen LogP contribution >= 0.6 is 0 Å². The van der Waals surface area contributed by atoms with Gasteiger partial charge in [0, 0.05) is 24.5 Å². The number of aromatic nitrogens is 3. The van der Waals surface area contributed by atoms with E-state index in [1.807, 2.05) is 37.7 Å². The Morgan fingerprint density at radius 2 is 2.50 bits per heavy atom. The van der Waals surface area contributed by atoms with Crippen LogP contribution in [0.15, 0.2) is 30.7 Å². The minimum Gasteiger partial charge on any atom is -0.316 e. The van der Waals surface area contributed by atoms with Gasteiger partial charge in [0.1, 0.15) is 0 Å². The molecule has 0 aliphatic carbocycles. The first-order chi connectivity index (χ1) is 6.92. The standard InChI is InChI=1S/C10H12N4/c1-11-5-2-4-9-8-13-14-7-3-6-12-10(9)14/h2-4,6-8,11H,5H2,1H3. The second kappa shape index (κ2) is 4.02. The molecule has 72 valence electrons. The second-order valence-electron chi connectivity index (χ2n) is 2.95. The number of hydrogen-bond acceptors (Lipinski definition) is 3. The summed E-state index contributed by atoms with van der Waals surface area (Å²) >= 11 is 0. The zero-order chi connectivity index (χ0) is 9.80. The summed E-state index contributed by atoms with van der Waals surface area (Å²) in [6.45, 7) is 0.851. The molecular formula is C10H12N4. The fraction of sp³-hybridized carbons (Fsp3) is 0.200. The van der Waals surface area contributed by atoms with E-state index in [1.54, 1.807) is 10.7 Å². The minimum atomic E-state index is 0.851. The highest BCUT2D eigenvalue weighted by atomic mass is 15.2. The lowest BCUT2D eigenvalue weighted by Crippen LogP contribution is -2.03. The third-order valence-electron chi connectivity index (χ3n) is 1.93. The Kier molecular flexibility index (Phi) is 2.55. The van der Waals surface area contributed by atoms with E-state index in [1.165, 1.54) is 0 Å². The van der Waals surface area contributed by atoms with Crippen molar-refractivity contribution in [2.24, 2.45) is 0 Å². The zero-order valence-electron chi connectivity index (χ0n) is 8.01. The van der Waals surface area contributed by atoms with E-state index >= 15 is 0 Å². The molecule has 0 amide bonds. The van der Waals surface area contributed by atoms with Gasteiger partial charge in [0.05, 0.1) is 6.20 Å². The van der Waals surface area contributed by atoms with Gasteiger partial charge in [-0.15, -0.1) is 0 Å². The van der Waals surface area contributed by atoms with Gasteiger partial charge in [0.2, 0.25) is 0 Å². The molecule has 0 saturated carbocycles. The smallest absolute Gasteiger partial charge is 0.162 e.